The van der Waals surface area contributed by atoms with Crippen molar-refractivity contribution in [3.05, 3.63) is 29.8 Å². The Morgan fingerprint density at radius 2 is 2.08 bits per heavy atom. The van der Waals surface area contributed by atoms with Gasteiger partial charge in [0.15, 0.2) is 0 Å². The molecule has 1 aliphatic heterocycles. The van der Waals surface area contributed by atoms with Gasteiger partial charge in [0.2, 0.25) is 5.91 Å². The summed E-state index contributed by atoms with van der Waals surface area (Å²) in [5.74, 6) is 0.265. The van der Waals surface area contributed by atoms with Gasteiger partial charge in [0.25, 0.3) is 0 Å². The molecule has 1 aromatic rings. The predicted molar refractivity (Wildman–Crippen MR) is 84.5 cm³/mol. The average molecular weight is 344 g/mol. The van der Waals surface area contributed by atoms with Gasteiger partial charge in [-0.1, -0.05) is 12.1 Å². The Hall–Kier alpha value is -1.76. The number of aryl methyl sites for hydroxylation is 1. The first-order chi connectivity index (χ1) is 11.1. The molecule has 1 amide bonds. The molecule has 4 nitrogen and oxygen atoms in total. The van der Waals surface area contributed by atoms with Crippen molar-refractivity contribution in [2.24, 2.45) is 0 Å². The van der Waals surface area contributed by atoms with Crippen LogP contribution in [0.4, 0.5) is 13.2 Å². The van der Waals surface area contributed by atoms with Gasteiger partial charge in [-0.15, -0.1) is 0 Å². The fraction of sp³-hybridized carbons (Fsp3) is 0.588. The number of nitrogens with one attached hydrogen (secondary N) is 1. The third-order valence-electron chi connectivity index (χ3n) is 4.10. The second kappa shape index (κ2) is 7.01. The van der Waals surface area contributed by atoms with Crippen molar-refractivity contribution in [2.45, 2.75) is 57.8 Å². The number of hydrazine groups is 1. The van der Waals surface area contributed by atoms with E-state index in [2.05, 4.69) is 5.43 Å². The fourth-order valence-electron chi connectivity index (χ4n) is 3.00. The van der Waals surface area contributed by atoms with E-state index < -0.39 is 17.8 Å². The lowest BCUT2D eigenvalue weighted by Crippen LogP contribution is -2.56. The first-order valence-corrected chi connectivity index (χ1v) is 8.01. The number of rotatable bonds is 6. The Morgan fingerprint density at radius 1 is 1.38 bits per heavy atom. The second-order valence-corrected chi connectivity index (χ2v) is 6.57. The monoisotopic (exact) mass is 344 g/mol. The first-order valence-electron chi connectivity index (χ1n) is 8.01. The van der Waals surface area contributed by atoms with Crippen LogP contribution in [0.2, 0.25) is 0 Å². The minimum atomic E-state index is -4.42. The normalized spacial score (nSPS) is 19.2. The van der Waals surface area contributed by atoms with Crippen LogP contribution < -0.4 is 10.2 Å². The maximum Gasteiger partial charge on any atom is 0.405 e. The summed E-state index contributed by atoms with van der Waals surface area (Å²) in [6, 6.07) is 5.35. The molecule has 0 unspecified atom stereocenters. The van der Waals surface area contributed by atoms with Crippen molar-refractivity contribution >= 4 is 5.91 Å². The van der Waals surface area contributed by atoms with Gasteiger partial charge in [-0.3, -0.25) is 10.2 Å². The Morgan fingerprint density at radius 3 is 2.62 bits per heavy atom. The molecule has 0 spiro atoms. The number of hydrogen-bond acceptors (Lipinski definition) is 3. The molecule has 7 heteroatoms. The molecule has 1 aliphatic rings. The van der Waals surface area contributed by atoms with E-state index in [9.17, 15) is 18.0 Å². The summed E-state index contributed by atoms with van der Waals surface area (Å²) in [6.07, 6.45) is -4.26. The van der Waals surface area contributed by atoms with Crippen LogP contribution in [-0.4, -0.2) is 35.3 Å². The fourth-order valence-corrected chi connectivity index (χ4v) is 3.00. The molecule has 0 aromatic heterocycles. The van der Waals surface area contributed by atoms with Gasteiger partial charge in [-0.2, -0.15) is 13.2 Å². The highest BCUT2D eigenvalue weighted by atomic mass is 19.4. The van der Waals surface area contributed by atoms with E-state index in [1.807, 2.05) is 6.92 Å². The summed E-state index contributed by atoms with van der Waals surface area (Å²) in [5, 5.41) is 1.06. The van der Waals surface area contributed by atoms with E-state index in [4.69, 9.17) is 4.74 Å². The van der Waals surface area contributed by atoms with Gasteiger partial charge < -0.3 is 4.74 Å². The molecule has 1 aromatic carbocycles. The number of hydrogen-bond donors (Lipinski definition) is 1. The lowest BCUT2D eigenvalue weighted by atomic mass is 9.97. The third-order valence-corrected chi connectivity index (χ3v) is 4.10. The standard InChI is InChI=1S/C17H23F3N2O2/c1-4-24-13-7-5-6-12(10-13)8-9-14(17(18,19)20)22-16(2,3)11-15(23)21-22/h5-7,10,14H,4,8-9,11H2,1-3H3,(H,21,23)/t14-/m0/s1. The summed E-state index contributed by atoms with van der Waals surface area (Å²) in [4.78, 5) is 11.6. The maximum atomic E-state index is 13.5. The summed E-state index contributed by atoms with van der Waals surface area (Å²) in [5.41, 5.74) is 2.27. The molecule has 1 saturated heterocycles. The molecule has 0 saturated carbocycles. The Bertz CT molecular complexity index is 587. The number of amides is 1. The Kier molecular flexibility index (Phi) is 5.42. The van der Waals surface area contributed by atoms with E-state index in [0.717, 1.165) is 10.6 Å². The highest BCUT2D eigenvalue weighted by Crippen LogP contribution is 2.35. The molecule has 2 rings (SSSR count). The first kappa shape index (κ1) is 18.6. The molecule has 134 valence electrons. The minimum absolute atomic E-state index is 0.0550. The van der Waals surface area contributed by atoms with Crippen molar-refractivity contribution in [1.82, 2.24) is 10.4 Å². The topological polar surface area (TPSA) is 41.6 Å². The van der Waals surface area contributed by atoms with Gasteiger partial charge >= 0.3 is 6.18 Å². The van der Waals surface area contributed by atoms with E-state index in [1.165, 1.54) is 0 Å². The van der Waals surface area contributed by atoms with E-state index in [1.54, 1.807) is 38.1 Å². The smallest absolute Gasteiger partial charge is 0.405 e. The number of halogens is 3. The van der Waals surface area contributed by atoms with Crippen LogP contribution in [0.25, 0.3) is 0 Å². The summed E-state index contributed by atoms with van der Waals surface area (Å²) >= 11 is 0. The number of carbonyl (C=O) groups excluding carboxylic acids is 1. The van der Waals surface area contributed by atoms with Gasteiger partial charge in [-0.05, 0) is 51.3 Å². The van der Waals surface area contributed by atoms with Crippen molar-refractivity contribution in [3.8, 4) is 5.75 Å². The van der Waals surface area contributed by atoms with Crippen molar-refractivity contribution in [2.75, 3.05) is 6.61 Å². The zero-order valence-corrected chi connectivity index (χ0v) is 14.1. The third kappa shape index (κ3) is 4.41. The molecular weight excluding hydrogens is 321 g/mol. The van der Waals surface area contributed by atoms with Crippen molar-refractivity contribution in [3.63, 3.8) is 0 Å². The minimum Gasteiger partial charge on any atom is -0.494 e. The summed E-state index contributed by atoms with van der Waals surface area (Å²) in [6.45, 7) is 5.63. The van der Waals surface area contributed by atoms with Crippen LogP contribution in [0.5, 0.6) is 5.75 Å². The number of benzene rings is 1. The zero-order chi connectivity index (χ0) is 18.0. The lowest BCUT2D eigenvalue weighted by molar-refractivity contribution is -0.202. The highest BCUT2D eigenvalue weighted by Gasteiger charge is 2.51. The quantitative estimate of drug-likeness (QED) is 0.859. The molecule has 0 aliphatic carbocycles. The molecule has 1 atom stereocenters. The molecule has 0 radical (unpaired) electrons. The number of ether oxygens (including phenoxy) is 1. The maximum absolute atomic E-state index is 13.5. The highest BCUT2D eigenvalue weighted by molar-refractivity contribution is 5.78. The van der Waals surface area contributed by atoms with Crippen LogP contribution in [0.3, 0.4) is 0 Å². The SMILES string of the molecule is CCOc1cccc(CC[C@H](N2NC(=O)CC2(C)C)C(F)(F)F)c1. The van der Waals surface area contributed by atoms with E-state index in [0.29, 0.717) is 12.4 Å². The van der Waals surface area contributed by atoms with Crippen LogP contribution in [-0.2, 0) is 11.2 Å². The van der Waals surface area contributed by atoms with Gasteiger partial charge in [0.05, 0.1) is 6.61 Å². The molecule has 0 bridgehead atoms. The van der Waals surface area contributed by atoms with Crippen LogP contribution in [0, 0.1) is 0 Å². The van der Waals surface area contributed by atoms with Crippen molar-refractivity contribution in [1.29, 1.82) is 0 Å². The summed E-state index contributed by atoms with van der Waals surface area (Å²) < 4.78 is 46.0. The van der Waals surface area contributed by atoms with Crippen LogP contribution >= 0.6 is 0 Å². The average Bonchev–Trinajstić information content (AvgIpc) is 2.71. The van der Waals surface area contributed by atoms with Crippen LogP contribution in [0.1, 0.15) is 39.2 Å². The summed E-state index contributed by atoms with van der Waals surface area (Å²) in [7, 11) is 0. The van der Waals surface area contributed by atoms with E-state index in [-0.39, 0.29) is 25.2 Å². The van der Waals surface area contributed by atoms with Gasteiger partial charge in [0, 0.05) is 12.0 Å². The largest absolute Gasteiger partial charge is 0.494 e. The predicted octanol–water partition coefficient (Wildman–Crippen LogP) is 3.46. The van der Waals surface area contributed by atoms with Gasteiger partial charge in [0.1, 0.15) is 11.8 Å². The number of nitrogens with zero attached hydrogens (tertiary/aromatic N) is 1. The zero-order valence-electron chi connectivity index (χ0n) is 14.1. The van der Waals surface area contributed by atoms with Gasteiger partial charge in [-0.25, -0.2) is 5.01 Å². The van der Waals surface area contributed by atoms with Crippen molar-refractivity contribution < 1.29 is 22.7 Å². The molecule has 1 heterocycles. The Labute approximate surface area is 139 Å². The van der Waals surface area contributed by atoms with Crippen LogP contribution in [0.15, 0.2) is 24.3 Å². The molecule has 1 N–H and O–H groups in total. The molecular formula is C17H23F3N2O2. The molecule has 24 heavy (non-hydrogen) atoms. The second-order valence-electron chi connectivity index (χ2n) is 6.57. The lowest BCUT2D eigenvalue weighted by Gasteiger charge is -2.37. The molecule has 1 fully saturated rings. The van der Waals surface area contributed by atoms with E-state index >= 15 is 0 Å². The Balaban J connectivity index is 2.13. The number of alkyl halides is 3. The number of carbonyl (C=O) groups is 1.